The van der Waals surface area contributed by atoms with E-state index in [1.54, 1.807) is 49.8 Å². The van der Waals surface area contributed by atoms with Crippen LogP contribution in [0.2, 0.25) is 0 Å². The number of piperazine rings is 1. The topological polar surface area (TPSA) is 88.6 Å². The van der Waals surface area contributed by atoms with Gasteiger partial charge in [-0.25, -0.2) is 9.18 Å². The summed E-state index contributed by atoms with van der Waals surface area (Å²) in [6.07, 6.45) is 0.368. The molecule has 2 aliphatic heterocycles. The predicted molar refractivity (Wildman–Crippen MR) is 169 cm³/mol. The summed E-state index contributed by atoms with van der Waals surface area (Å²) in [4.78, 5) is 45.3. The highest BCUT2D eigenvalue weighted by atomic mass is 19.1. The number of methoxy groups -OCH3 is 1. The molecule has 5 rings (SSSR count). The Labute approximate surface area is 263 Å². The summed E-state index contributed by atoms with van der Waals surface area (Å²) in [6.45, 7) is 7.66. The van der Waals surface area contributed by atoms with Crippen molar-refractivity contribution in [1.82, 2.24) is 4.90 Å². The van der Waals surface area contributed by atoms with Crippen molar-refractivity contribution >= 4 is 29.3 Å². The molecule has 10 heteroatoms. The molecule has 45 heavy (non-hydrogen) atoms. The summed E-state index contributed by atoms with van der Waals surface area (Å²) in [5, 5.41) is 0. The first-order chi connectivity index (χ1) is 21.5. The normalized spacial score (nSPS) is 17.0. The van der Waals surface area contributed by atoms with Gasteiger partial charge in [-0.1, -0.05) is 42.5 Å². The van der Waals surface area contributed by atoms with Crippen LogP contribution in [0.4, 0.5) is 20.6 Å². The Balaban J connectivity index is 1.38. The third-order valence-electron chi connectivity index (χ3n) is 7.94. The van der Waals surface area contributed by atoms with Crippen LogP contribution >= 0.6 is 0 Å². The highest BCUT2D eigenvalue weighted by molar-refractivity contribution is 6.07. The number of esters is 1. The van der Waals surface area contributed by atoms with Crippen molar-refractivity contribution in [3.05, 3.63) is 89.2 Å². The summed E-state index contributed by atoms with van der Waals surface area (Å²) in [5.74, 6) is -1.84. The zero-order valence-electron chi connectivity index (χ0n) is 26.3. The molecule has 1 saturated heterocycles. The molecule has 9 nitrogen and oxygen atoms in total. The summed E-state index contributed by atoms with van der Waals surface area (Å²) < 4.78 is 31.1. The van der Waals surface area contributed by atoms with Crippen LogP contribution in [-0.2, 0) is 38.6 Å². The molecule has 3 aromatic rings. The van der Waals surface area contributed by atoms with Crippen molar-refractivity contribution < 1.29 is 33.0 Å². The number of rotatable bonds is 7. The van der Waals surface area contributed by atoms with Crippen LogP contribution in [0, 0.1) is 11.7 Å². The Morgan fingerprint density at radius 2 is 1.62 bits per heavy atom. The number of halogens is 1. The second-order valence-electron chi connectivity index (χ2n) is 12.3. The van der Waals surface area contributed by atoms with Crippen molar-refractivity contribution in [3.8, 4) is 5.75 Å². The van der Waals surface area contributed by atoms with E-state index in [-0.39, 0.29) is 25.7 Å². The molecular formula is C35H40FN3O6. The van der Waals surface area contributed by atoms with E-state index in [0.717, 1.165) is 16.8 Å². The van der Waals surface area contributed by atoms with Gasteiger partial charge in [0.25, 0.3) is 0 Å². The second-order valence-corrected chi connectivity index (χ2v) is 12.3. The first-order valence-electron chi connectivity index (χ1n) is 15.2. The Morgan fingerprint density at radius 1 is 0.911 bits per heavy atom. The van der Waals surface area contributed by atoms with E-state index in [0.29, 0.717) is 49.6 Å². The van der Waals surface area contributed by atoms with Crippen molar-refractivity contribution in [2.24, 2.45) is 5.92 Å². The van der Waals surface area contributed by atoms with Crippen molar-refractivity contribution in [3.63, 3.8) is 0 Å². The lowest BCUT2D eigenvalue weighted by Crippen LogP contribution is -2.49. The van der Waals surface area contributed by atoms with Gasteiger partial charge in [-0.05, 0) is 68.5 Å². The van der Waals surface area contributed by atoms with Crippen LogP contribution in [0.1, 0.15) is 43.9 Å². The van der Waals surface area contributed by atoms with Crippen LogP contribution in [-0.4, -0.2) is 61.8 Å². The van der Waals surface area contributed by atoms with Crippen LogP contribution < -0.4 is 14.5 Å². The van der Waals surface area contributed by atoms with E-state index >= 15 is 0 Å². The van der Waals surface area contributed by atoms with Crippen LogP contribution in [0.15, 0.2) is 66.7 Å². The number of ether oxygens (including phenoxy) is 3. The number of hydrogen-bond acceptors (Lipinski definition) is 7. The van der Waals surface area contributed by atoms with E-state index in [9.17, 15) is 18.8 Å². The SMILES string of the molecule is COc1cc2c(cc1N1CCN(C(=O)OCc3ccccc3)CC1)CC[C@@H](C(=O)OC(C)(C)C)C(=O)N2Cc1cccc(F)c1. The van der Waals surface area contributed by atoms with Gasteiger partial charge in [-0.2, -0.15) is 0 Å². The number of carbonyl (C=O) groups is 3. The summed E-state index contributed by atoms with van der Waals surface area (Å²) in [5.41, 5.74) is 3.08. The number of anilines is 2. The summed E-state index contributed by atoms with van der Waals surface area (Å²) >= 11 is 0. The predicted octanol–water partition coefficient (Wildman–Crippen LogP) is 5.73. The Hall–Kier alpha value is -4.60. The zero-order chi connectivity index (χ0) is 32.1. The maximum Gasteiger partial charge on any atom is 0.410 e. The molecule has 0 unspecified atom stereocenters. The minimum absolute atomic E-state index is 0.0785. The monoisotopic (exact) mass is 617 g/mol. The van der Waals surface area contributed by atoms with E-state index in [4.69, 9.17) is 14.2 Å². The van der Waals surface area contributed by atoms with E-state index < -0.39 is 29.2 Å². The average Bonchev–Trinajstić information content (AvgIpc) is 3.14. The molecule has 238 valence electrons. The van der Waals surface area contributed by atoms with Gasteiger partial charge in [-0.3, -0.25) is 9.59 Å². The third-order valence-corrected chi connectivity index (χ3v) is 7.94. The minimum Gasteiger partial charge on any atom is -0.495 e. The molecule has 3 aromatic carbocycles. The first kappa shape index (κ1) is 31.8. The number of fused-ring (bicyclic) bond motifs is 1. The first-order valence-corrected chi connectivity index (χ1v) is 15.2. The molecule has 1 fully saturated rings. The van der Waals surface area contributed by atoms with Gasteiger partial charge in [0.1, 0.15) is 29.7 Å². The zero-order valence-corrected chi connectivity index (χ0v) is 26.3. The standard InChI is InChI=1S/C35H40FN3O6/c1-35(2,3)45-33(41)28-14-13-26-20-30(37-15-17-38(18-16-37)34(42)44-23-24-9-6-5-7-10-24)31(43-4)21-29(26)39(32(28)40)22-25-11-8-12-27(36)19-25/h5-12,19-21,28H,13-18,22-23H2,1-4H3/t28-/m1/s1. The number of hydrogen-bond donors (Lipinski definition) is 0. The molecule has 2 heterocycles. The Kier molecular flexibility index (Phi) is 9.60. The van der Waals surface area contributed by atoms with Crippen LogP contribution in [0.5, 0.6) is 5.75 Å². The lowest BCUT2D eigenvalue weighted by Gasteiger charge is -2.36. The lowest BCUT2D eigenvalue weighted by atomic mass is 9.99. The minimum atomic E-state index is -1.01. The summed E-state index contributed by atoms with van der Waals surface area (Å²) in [6, 6.07) is 19.5. The quantitative estimate of drug-likeness (QED) is 0.247. The number of amides is 2. The molecule has 0 bridgehead atoms. The highest BCUT2D eigenvalue weighted by Crippen LogP contribution is 2.40. The number of nitrogens with zero attached hydrogens (tertiary/aromatic N) is 3. The van der Waals surface area contributed by atoms with E-state index in [1.165, 1.54) is 12.1 Å². The van der Waals surface area contributed by atoms with E-state index in [2.05, 4.69) is 4.90 Å². The molecule has 0 saturated carbocycles. The maximum absolute atomic E-state index is 14.1. The molecule has 0 radical (unpaired) electrons. The molecular weight excluding hydrogens is 577 g/mol. The van der Waals surface area contributed by atoms with Crippen LogP contribution in [0.3, 0.4) is 0 Å². The fourth-order valence-corrected chi connectivity index (χ4v) is 5.71. The molecule has 0 aliphatic carbocycles. The fraction of sp³-hybridized carbons (Fsp3) is 0.400. The van der Waals surface area contributed by atoms with Gasteiger partial charge >= 0.3 is 12.1 Å². The Bertz CT molecular complexity index is 1530. The molecule has 0 aromatic heterocycles. The van der Waals surface area contributed by atoms with Gasteiger partial charge in [0.05, 0.1) is 25.0 Å². The maximum atomic E-state index is 14.1. The van der Waals surface area contributed by atoms with Gasteiger partial charge in [0.2, 0.25) is 5.91 Å². The van der Waals surface area contributed by atoms with Gasteiger partial charge < -0.3 is 28.9 Å². The number of carbonyl (C=O) groups excluding carboxylic acids is 3. The number of benzene rings is 3. The van der Waals surface area contributed by atoms with Crippen molar-refractivity contribution in [2.75, 3.05) is 43.1 Å². The molecule has 0 spiro atoms. The highest BCUT2D eigenvalue weighted by Gasteiger charge is 2.38. The smallest absolute Gasteiger partial charge is 0.410 e. The third kappa shape index (κ3) is 7.74. The molecule has 2 amide bonds. The van der Waals surface area contributed by atoms with Gasteiger partial charge in [-0.15, -0.1) is 0 Å². The molecule has 1 atom stereocenters. The van der Waals surface area contributed by atoms with Gasteiger partial charge in [0, 0.05) is 32.2 Å². The van der Waals surface area contributed by atoms with Crippen molar-refractivity contribution in [1.29, 1.82) is 0 Å². The molecule has 2 aliphatic rings. The summed E-state index contributed by atoms with van der Waals surface area (Å²) in [7, 11) is 1.57. The molecule has 0 N–H and O–H groups in total. The number of aryl methyl sites for hydroxylation is 1. The average molecular weight is 618 g/mol. The van der Waals surface area contributed by atoms with E-state index in [1.807, 2.05) is 42.5 Å². The largest absolute Gasteiger partial charge is 0.495 e. The van der Waals surface area contributed by atoms with Crippen molar-refractivity contribution in [2.45, 2.75) is 52.4 Å². The second kappa shape index (κ2) is 13.6. The Morgan fingerprint density at radius 3 is 2.29 bits per heavy atom. The lowest BCUT2D eigenvalue weighted by molar-refractivity contribution is -0.162. The fourth-order valence-electron chi connectivity index (χ4n) is 5.71. The van der Waals surface area contributed by atoms with Crippen LogP contribution in [0.25, 0.3) is 0 Å². The van der Waals surface area contributed by atoms with Gasteiger partial charge in [0.15, 0.2) is 0 Å².